The van der Waals surface area contributed by atoms with E-state index in [9.17, 15) is 4.79 Å². The summed E-state index contributed by atoms with van der Waals surface area (Å²) in [7, 11) is 0. The zero-order valence-corrected chi connectivity index (χ0v) is 11.0. The van der Waals surface area contributed by atoms with Crippen LogP contribution >= 0.6 is 11.3 Å². The molecule has 1 aliphatic rings. The molecule has 1 aliphatic carbocycles. The topological polar surface area (TPSA) is 63.3 Å². The Hall–Kier alpha value is -1.62. The molecular formula is C13H13NO3S. The average Bonchev–Trinajstić information content (AvgIpc) is 2.82. The Bertz CT molecular complexity index is 611. The van der Waals surface area contributed by atoms with Gasteiger partial charge in [0, 0.05) is 17.4 Å². The van der Waals surface area contributed by atoms with Crippen molar-refractivity contribution in [1.82, 2.24) is 4.98 Å². The van der Waals surface area contributed by atoms with Crippen molar-refractivity contribution in [3.63, 3.8) is 0 Å². The maximum Gasteiger partial charge on any atom is 0.338 e. The predicted octanol–water partition coefficient (Wildman–Crippen LogP) is 3.61. The second-order valence-corrected chi connectivity index (χ2v) is 6.21. The maximum absolute atomic E-state index is 10.8. The van der Waals surface area contributed by atoms with Gasteiger partial charge < -0.3 is 9.52 Å². The SMILES string of the molecule is CC1(C)CC1c1nc(-c2cc(C(=O)O)co2)cs1. The minimum absolute atomic E-state index is 0.159. The van der Waals surface area contributed by atoms with Crippen molar-refractivity contribution in [1.29, 1.82) is 0 Å². The number of hydrogen-bond donors (Lipinski definition) is 1. The van der Waals surface area contributed by atoms with Crippen molar-refractivity contribution in [2.24, 2.45) is 5.41 Å². The number of carbonyl (C=O) groups is 1. The third kappa shape index (κ3) is 1.84. The van der Waals surface area contributed by atoms with Crippen LogP contribution in [0.15, 0.2) is 22.1 Å². The molecule has 0 aliphatic heterocycles. The van der Waals surface area contributed by atoms with E-state index in [-0.39, 0.29) is 5.56 Å². The summed E-state index contributed by atoms with van der Waals surface area (Å²) < 4.78 is 5.24. The fourth-order valence-corrected chi connectivity index (χ4v) is 3.15. The Morgan fingerprint density at radius 2 is 2.33 bits per heavy atom. The van der Waals surface area contributed by atoms with Crippen LogP contribution in [0.1, 0.15) is 41.6 Å². The molecule has 3 rings (SSSR count). The first-order valence-electron chi connectivity index (χ1n) is 5.75. The number of thiazole rings is 1. The molecular weight excluding hydrogens is 250 g/mol. The molecule has 2 heterocycles. The Morgan fingerprint density at radius 1 is 1.61 bits per heavy atom. The Labute approximate surface area is 108 Å². The van der Waals surface area contributed by atoms with Gasteiger partial charge >= 0.3 is 5.97 Å². The monoisotopic (exact) mass is 263 g/mol. The lowest BCUT2D eigenvalue weighted by atomic mass is 10.1. The van der Waals surface area contributed by atoms with Gasteiger partial charge in [-0.05, 0) is 11.8 Å². The van der Waals surface area contributed by atoms with Crippen LogP contribution < -0.4 is 0 Å². The number of nitrogens with zero attached hydrogens (tertiary/aromatic N) is 1. The molecule has 1 N–H and O–H groups in total. The molecule has 0 radical (unpaired) electrons. The number of carboxylic acids is 1. The van der Waals surface area contributed by atoms with Gasteiger partial charge in [-0.15, -0.1) is 11.3 Å². The first-order chi connectivity index (χ1) is 8.47. The highest BCUT2D eigenvalue weighted by atomic mass is 32.1. The molecule has 1 unspecified atom stereocenters. The van der Waals surface area contributed by atoms with Crippen LogP contribution in [0.2, 0.25) is 0 Å². The molecule has 1 fully saturated rings. The van der Waals surface area contributed by atoms with E-state index < -0.39 is 5.97 Å². The summed E-state index contributed by atoms with van der Waals surface area (Å²) in [6.07, 6.45) is 2.41. The van der Waals surface area contributed by atoms with E-state index in [4.69, 9.17) is 9.52 Å². The zero-order chi connectivity index (χ0) is 12.9. The summed E-state index contributed by atoms with van der Waals surface area (Å²) in [5.41, 5.74) is 1.24. The highest BCUT2D eigenvalue weighted by Gasteiger charge is 2.48. The summed E-state index contributed by atoms with van der Waals surface area (Å²) in [6, 6.07) is 1.51. The summed E-state index contributed by atoms with van der Waals surface area (Å²) in [5, 5.41) is 11.9. The van der Waals surface area contributed by atoms with Crippen LogP contribution in [0.4, 0.5) is 0 Å². The van der Waals surface area contributed by atoms with Crippen molar-refractivity contribution < 1.29 is 14.3 Å². The molecule has 0 saturated heterocycles. The molecule has 0 bridgehead atoms. The van der Waals surface area contributed by atoms with E-state index in [0.29, 0.717) is 17.1 Å². The van der Waals surface area contributed by atoms with E-state index in [1.54, 1.807) is 11.3 Å². The summed E-state index contributed by atoms with van der Waals surface area (Å²) >= 11 is 1.62. The van der Waals surface area contributed by atoms with E-state index in [1.165, 1.54) is 18.8 Å². The van der Waals surface area contributed by atoms with Gasteiger partial charge in [0.05, 0.1) is 10.6 Å². The molecule has 0 spiro atoms. The number of aromatic nitrogens is 1. The van der Waals surface area contributed by atoms with Crippen LogP contribution in [-0.4, -0.2) is 16.1 Å². The van der Waals surface area contributed by atoms with Gasteiger partial charge in [0.2, 0.25) is 0 Å². The summed E-state index contributed by atoms with van der Waals surface area (Å²) in [6.45, 7) is 4.46. The fourth-order valence-electron chi connectivity index (χ4n) is 2.03. The number of furan rings is 1. The van der Waals surface area contributed by atoms with Gasteiger partial charge in [0.25, 0.3) is 0 Å². The first kappa shape index (κ1) is 11.5. The second-order valence-electron chi connectivity index (χ2n) is 5.32. The standard InChI is InChI=1S/C13H13NO3S/c1-13(2)4-8(13)11-14-9(6-18-11)10-3-7(5-17-10)12(15)16/h3,5-6,8H,4H2,1-2H3,(H,15,16). The highest BCUT2D eigenvalue weighted by molar-refractivity contribution is 7.10. The van der Waals surface area contributed by atoms with Gasteiger partial charge in [0.15, 0.2) is 5.76 Å². The first-order valence-corrected chi connectivity index (χ1v) is 6.63. The number of rotatable bonds is 3. The van der Waals surface area contributed by atoms with E-state index >= 15 is 0 Å². The van der Waals surface area contributed by atoms with Crippen molar-refractivity contribution in [3.8, 4) is 11.5 Å². The van der Waals surface area contributed by atoms with Crippen LogP contribution in [0, 0.1) is 5.41 Å². The van der Waals surface area contributed by atoms with Gasteiger partial charge in [-0.25, -0.2) is 9.78 Å². The lowest BCUT2D eigenvalue weighted by Gasteiger charge is -1.97. The molecule has 2 aromatic rings. The van der Waals surface area contributed by atoms with Crippen molar-refractivity contribution in [3.05, 3.63) is 28.3 Å². The summed E-state index contributed by atoms with van der Waals surface area (Å²) in [4.78, 5) is 15.3. The second kappa shape index (κ2) is 3.68. The Kier molecular flexibility index (Phi) is 2.35. The van der Waals surface area contributed by atoms with Gasteiger partial charge in [-0.3, -0.25) is 0 Å². The molecule has 1 atom stereocenters. The highest BCUT2D eigenvalue weighted by Crippen LogP contribution is 2.59. The Morgan fingerprint density at radius 3 is 2.89 bits per heavy atom. The minimum atomic E-state index is -0.983. The average molecular weight is 263 g/mol. The number of aromatic carboxylic acids is 1. The van der Waals surface area contributed by atoms with Crippen molar-refractivity contribution in [2.45, 2.75) is 26.2 Å². The van der Waals surface area contributed by atoms with Crippen molar-refractivity contribution in [2.75, 3.05) is 0 Å². The van der Waals surface area contributed by atoms with Crippen LogP contribution in [0.25, 0.3) is 11.5 Å². The number of carboxylic acid groups (broad SMARTS) is 1. The van der Waals surface area contributed by atoms with Crippen LogP contribution in [0.5, 0.6) is 0 Å². The van der Waals surface area contributed by atoms with E-state index in [0.717, 1.165) is 10.7 Å². The van der Waals surface area contributed by atoms with Crippen molar-refractivity contribution >= 4 is 17.3 Å². The van der Waals surface area contributed by atoms with Gasteiger partial charge in [-0.2, -0.15) is 0 Å². The molecule has 0 aromatic carbocycles. The molecule has 1 saturated carbocycles. The van der Waals surface area contributed by atoms with Crippen LogP contribution in [0.3, 0.4) is 0 Å². The van der Waals surface area contributed by atoms with Gasteiger partial charge in [-0.1, -0.05) is 13.8 Å². The normalized spacial score (nSPS) is 20.9. The molecule has 18 heavy (non-hydrogen) atoms. The van der Waals surface area contributed by atoms with E-state index in [2.05, 4.69) is 18.8 Å². The van der Waals surface area contributed by atoms with Gasteiger partial charge in [0.1, 0.15) is 12.0 Å². The molecule has 5 heteroatoms. The Balaban J connectivity index is 1.86. The fraction of sp³-hybridized carbons (Fsp3) is 0.385. The minimum Gasteiger partial charge on any atom is -0.478 e. The predicted molar refractivity (Wildman–Crippen MR) is 67.9 cm³/mol. The third-order valence-electron chi connectivity index (χ3n) is 3.43. The lowest BCUT2D eigenvalue weighted by Crippen LogP contribution is -1.91. The maximum atomic E-state index is 10.8. The zero-order valence-electron chi connectivity index (χ0n) is 10.1. The summed E-state index contributed by atoms with van der Waals surface area (Å²) in [5.74, 6) is 0.0716. The third-order valence-corrected chi connectivity index (χ3v) is 4.39. The molecule has 4 nitrogen and oxygen atoms in total. The quantitative estimate of drug-likeness (QED) is 0.918. The van der Waals surface area contributed by atoms with E-state index in [1.807, 2.05) is 5.38 Å². The number of hydrogen-bond acceptors (Lipinski definition) is 4. The molecule has 2 aromatic heterocycles. The molecule has 0 amide bonds. The van der Waals surface area contributed by atoms with Crippen LogP contribution in [-0.2, 0) is 0 Å². The largest absolute Gasteiger partial charge is 0.478 e. The smallest absolute Gasteiger partial charge is 0.338 e. The molecule has 94 valence electrons. The lowest BCUT2D eigenvalue weighted by molar-refractivity contribution is 0.0696.